The molecule has 2 aromatic rings. The molecular formula is C18H24N6O. The van der Waals surface area contributed by atoms with Crippen molar-refractivity contribution in [3.8, 4) is 0 Å². The maximum absolute atomic E-state index is 11.7. The number of aromatic nitrogens is 3. The number of pyridine rings is 1. The summed E-state index contributed by atoms with van der Waals surface area (Å²) in [6.45, 7) is 7.15. The van der Waals surface area contributed by atoms with Gasteiger partial charge in [-0.15, -0.1) is 0 Å². The number of nitrogens with zero attached hydrogens (tertiary/aromatic N) is 6. The topological polar surface area (TPSA) is 57.5 Å². The highest BCUT2D eigenvalue weighted by atomic mass is 16.1. The second-order valence-electron chi connectivity index (χ2n) is 6.85. The van der Waals surface area contributed by atoms with E-state index in [9.17, 15) is 4.79 Å². The third-order valence-corrected chi connectivity index (χ3v) is 5.30. The van der Waals surface area contributed by atoms with Gasteiger partial charge in [0.25, 0.3) is 5.56 Å². The van der Waals surface area contributed by atoms with Crippen LogP contribution in [0.2, 0.25) is 0 Å². The molecule has 0 unspecified atom stereocenters. The Labute approximate surface area is 147 Å². The molecule has 4 rings (SSSR count). The molecule has 0 amide bonds. The molecule has 2 aliphatic rings. The maximum Gasteiger partial charge on any atom is 0.268 e. The van der Waals surface area contributed by atoms with Crippen molar-refractivity contribution in [3.05, 3.63) is 52.8 Å². The summed E-state index contributed by atoms with van der Waals surface area (Å²) in [7, 11) is 1.81. The highest BCUT2D eigenvalue weighted by Crippen LogP contribution is 2.20. The highest BCUT2D eigenvalue weighted by Gasteiger charge is 2.33. The van der Waals surface area contributed by atoms with Gasteiger partial charge in [-0.1, -0.05) is 6.07 Å². The van der Waals surface area contributed by atoms with Gasteiger partial charge < -0.3 is 9.47 Å². The van der Waals surface area contributed by atoms with E-state index in [-0.39, 0.29) is 5.56 Å². The van der Waals surface area contributed by atoms with Crippen LogP contribution in [0.1, 0.15) is 5.69 Å². The Morgan fingerprint density at radius 3 is 2.64 bits per heavy atom. The van der Waals surface area contributed by atoms with E-state index in [0.717, 1.165) is 57.3 Å². The third kappa shape index (κ3) is 3.43. The van der Waals surface area contributed by atoms with Crippen LogP contribution in [0.4, 0.5) is 5.82 Å². The van der Waals surface area contributed by atoms with Crippen molar-refractivity contribution < 1.29 is 0 Å². The normalized spacial score (nSPS) is 19.8. The van der Waals surface area contributed by atoms with Crippen molar-refractivity contribution in [2.45, 2.75) is 12.6 Å². The van der Waals surface area contributed by atoms with Crippen LogP contribution in [0.15, 0.2) is 41.6 Å². The highest BCUT2D eigenvalue weighted by molar-refractivity contribution is 5.38. The molecule has 25 heavy (non-hydrogen) atoms. The average Bonchev–Trinajstić information content (AvgIpc) is 2.62. The van der Waals surface area contributed by atoms with Gasteiger partial charge in [-0.3, -0.25) is 19.6 Å². The fourth-order valence-electron chi connectivity index (χ4n) is 3.64. The van der Waals surface area contributed by atoms with Gasteiger partial charge in [-0.25, -0.2) is 4.98 Å². The molecule has 0 saturated carbocycles. The van der Waals surface area contributed by atoms with Gasteiger partial charge in [-0.2, -0.15) is 0 Å². The van der Waals surface area contributed by atoms with E-state index in [2.05, 4.69) is 30.7 Å². The van der Waals surface area contributed by atoms with Crippen molar-refractivity contribution in [2.75, 3.05) is 44.2 Å². The SMILES string of the molecule is Cn1c(CN2CC(N3CCN(c4ccccn4)CC3)C2)cncc1=O. The summed E-state index contributed by atoms with van der Waals surface area (Å²) in [5.74, 6) is 1.08. The average molecular weight is 340 g/mol. The fourth-order valence-corrected chi connectivity index (χ4v) is 3.64. The predicted molar refractivity (Wildman–Crippen MR) is 96.6 cm³/mol. The molecule has 7 heteroatoms. The Hall–Kier alpha value is -2.25. The van der Waals surface area contributed by atoms with Crippen molar-refractivity contribution in [1.29, 1.82) is 0 Å². The monoisotopic (exact) mass is 340 g/mol. The molecule has 0 atom stereocenters. The van der Waals surface area contributed by atoms with E-state index in [0.29, 0.717) is 6.04 Å². The first-order valence-corrected chi connectivity index (χ1v) is 8.83. The van der Waals surface area contributed by atoms with Gasteiger partial charge in [-0.05, 0) is 12.1 Å². The Kier molecular flexibility index (Phi) is 4.50. The molecule has 2 aromatic heterocycles. The molecule has 0 N–H and O–H groups in total. The van der Waals surface area contributed by atoms with Gasteiger partial charge >= 0.3 is 0 Å². The van der Waals surface area contributed by atoms with Gasteiger partial charge in [0, 0.05) is 71.3 Å². The van der Waals surface area contributed by atoms with Crippen molar-refractivity contribution >= 4 is 5.82 Å². The molecule has 7 nitrogen and oxygen atoms in total. The number of hydrogen-bond acceptors (Lipinski definition) is 6. The van der Waals surface area contributed by atoms with Crippen molar-refractivity contribution in [3.63, 3.8) is 0 Å². The predicted octanol–water partition coefficient (Wildman–Crippen LogP) is 0.182. The maximum atomic E-state index is 11.7. The summed E-state index contributed by atoms with van der Waals surface area (Å²) >= 11 is 0. The third-order valence-electron chi connectivity index (χ3n) is 5.30. The smallest absolute Gasteiger partial charge is 0.268 e. The second kappa shape index (κ2) is 6.93. The largest absolute Gasteiger partial charge is 0.354 e. The minimum atomic E-state index is -0.0415. The van der Waals surface area contributed by atoms with E-state index >= 15 is 0 Å². The zero-order valence-corrected chi connectivity index (χ0v) is 14.6. The Morgan fingerprint density at radius 1 is 1.12 bits per heavy atom. The summed E-state index contributed by atoms with van der Waals surface area (Å²) in [5.41, 5.74) is 0.936. The summed E-state index contributed by atoms with van der Waals surface area (Å²) in [5, 5.41) is 0. The first-order valence-electron chi connectivity index (χ1n) is 8.83. The van der Waals surface area contributed by atoms with Crippen LogP contribution in [0.25, 0.3) is 0 Å². The molecule has 4 heterocycles. The van der Waals surface area contributed by atoms with Crippen LogP contribution < -0.4 is 10.5 Å². The molecule has 2 fully saturated rings. The summed E-state index contributed by atoms with van der Waals surface area (Å²) in [6.07, 6.45) is 5.01. The van der Waals surface area contributed by atoms with Crippen molar-refractivity contribution in [1.82, 2.24) is 24.3 Å². The van der Waals surface area contributed by atoms with Gasteiger partial charge in [0.2, 0.25) is 0 Å². The minimum absolute atomic E-state index is 0.0415. The van der Waals surface area contributed by atoms with E-state index in [1.165, 1.54) is 6.20 Å². The number of piperazine rings is 1. The van der Waals surface area contributed by atoms with E-state index in [4.69, 9.17) is 0 Å². The summed E-state index contributed by atoms with van der Waals surface area (Å²) in [4.78, 5) is 27.4. The molecular weight excluding hydrogens is 316 g/mol. The Morgan fingerprint density at radius 2 is 1.92 bits per heavy atom. The number of rotatable bonds is 4. The zero-order valence-electron chi connectivity index (χ0n) is 14.6. The molecule has 0 bridgehead atoms. The Bertz CT molecular complexity index is 763. The Balaban J connectivity index is 1.26. The minimum Gasteiger partial charge on any atom is -0.354 e. The molecule has 0 radical (unpaired) electrons. The lowest BCUT2D eigenvalue weighted by Gasteiger charge is -2.48. The van der Waals surface area contributed by atoms with Crippen LogP contribution in [0, 0.1) is 0 Å². The lowest BCUT2D eigenvalue weighted by molar-refractivity contribution is 0.0241. The number of hydrogen-bond donors (Lipinski definition) is 0. The summed E-state index contributed by atoms with van der Waals surface area (Å²) < 4.78 is 1.69. The van der Waals surface area contributed by atoms with E-state index < -0.39 is 0 Å². The van der Waals surface area contributed by atoms with Crippen LogP contribution in [0.5, 0.6) is 0 Å². The molecule has 0 spiro atoms. The molecule has 0 aliphatic carbocycles. The first kappa shape index (κ1) is 16.2. The molecule has 2 saturated heterocycles. The fraction of sp³-hybridized carbons (Fsp3) is 0.500. The number of likely N-dealkylation sites (tertiary alicyclic amines) is 1. The molecule has 132 valence electrons. The summed E-state index contributed by atoms with van der Waals surface area (Å²) in [6, 6.07) is 6.71. The van der Waals surface area contributed by atoms with E-state index in [1.54, 1.807) is 10.8 Å². The lowest BCUT2D eigenvalue weighted by atomic mass is 10.1. The van der Waals surface area contributed by atoms with Gasteiger partial charge in [0.15, 0.2) is 0 Å². The van der Waals surface area contributed by atoms with Crippen LogP contribution in [-0.2, 0) is 13.6 Å². The van der Waals surface area contributed by atoms with Crippen LogP contribution in [-0.4, -0.2) is 69.6 Å². The molecule has 0 aromatic carbocycles. The number of anilines is 1. The van der Waals surface area contributed by atoms with Gasteiger partial charge in [0.1, 0.15) is 5.82 Å². The second-order valence-corrected chi connectivity index (χ2v) is 6.85. The van der Waals surface area contributed by atoms with Crippen LogP contribution >= 0.6 is 0 Å². The standard InChI is InChI=1S/C18H24N6O/c1-21-15(10-19-11-18(21)25)12-22-13-16(14-22)23-6-8-24(9-7-23)17-4-2-3-5-20-17/h2-5,10-11,16H,6-9,12-14H2,1H3. The lowest BCUT2D eigenvalue weighted by Crippen LogP contribution is -2.62. The first-order chi connectivity index (χ1) is 12.2. The van der Waals surface area contributed by atoms with Crippen molar-refractivity contribution in [2.24, 2.45) is 7.05 Å². The zero-order chi connectivity index (χ0) is 17.2. The van der Waals surface area contributed by atoms with Crippen LogP contribution in [0.3, 0.4) is 0 Å². The van der Waals surface area contributed by atoms with E-state index in [1.807, 2.05) is 25.4 Å². The van der Waals surface area contributed by atoms with Gasteiger partial charge in [0.05, 0.1) is 11.9 Å². The quantitative estimate of drug-likeness (QED) is 0.792. The molecule has 2 aliphatic heterocycles.